The summed E-state index contributed by atoms with van der Waals surface area (Å²) >= 11 is 0.818. The Bertz CT molecular complexity index is 436. The van der Waals surface area contributed by atoms with E-state index < -0.39 is 17.3 Å². The highest BCUT2D eigenvalue weighted by atomic mass is 32.2. The van der Waals surface area contributed by atoms with E-state index in [4.69, 9.17) is 0 Å². The number of aryl methyl sites for hydroxylation is 1. The summed E-state index contributed by atoms with van der Waals surface area (Å²) in [6.45, 7) is 1.47. The monoisotopic (exact) mass is 237 g/mol. The summed E-state index contributed by atoms with van der Waals surface area (Å²) < 4.78 is 38.9. The van der Waals surface area contributed by atoms with Gasteiger partial charge in [0.05, 0.1) is 10.5 Å². The van der Waals surface area contributed by atoms with E-state index in [-0.39, 0.29) is 4.90 Å². The minimum Gasteiger partial charge on any atom is -0.315 e. The average molecular weight is 237 g/mol. The molecule has 0 atom stereocenters. The van der Waals surface area contributed by atoms with E-state index in [1.165, 1.54) is 24.8 Å². The molecule has 0 unspecified atom stereocenters. The van der Waals surface area contributed by atoms with Crippen molar-refractivity contribution in [3.05, 3.63) is 27.7 Å². The molecule has 1 rings (SSSR count). The lowest BCUT2D eigenvalue weighted by molar-refractivity contribution is -0.140. The first-order valence-electron chi connectivity index (χ1n) is 4.11. The molecule has 0 saturated carbocycles. The van der Waals surface area contributed by atoms with Crippen LogP contribution in [0.5, 0.6) is 0 Å². The van der Waals surface area contributed by atoms with Gasteiger partial charge >= 0.3 is 6.18 Å². The molecule has 0 aromatic carbocycles. The van der Waals surface area contributed by atoms with Gasteiger partial charge in [0.2, 0.25) is 0 Å². The Kier molecular flexibility index (Phi) is 3.18. The van der Waals surface area contributed by atoms with Crippen molar-refractivity contribution in [1.29, 1.82) is 0 Å². The Morgan fingerprint density at radius 2 is 1.93 bits per heavy atom. The van der Waals surface area contributed by atoms with E-state index >= 15 is 0 Å². The molecule has 0 radical (unpaired) electrons. The summed E-state index contributed by atoms with van der Waals surface area (Å²) in [7, 11) is 1.46. The molecule has 15 heavy (non-hydrogen) atoms. The Morgan fingerprint density at radius 1 is 1.40 bits per heavy atom. The molecule has 2 nitrogen and oxygen atoms in total. The van der Waals surface area contributed by atoms with Gasteiger partial charge in [0.1, 0.15) is 0 Å². The van der Waals surface area contributed by atoms with Crippen LogP contribution in [0.25, 0.3) is 0 Å². The van der Waals surface area contributed by atoms with Crippen LogP contribution in [0.4, 0.5) is 13.2 Å². The van der Waals surface area contributed by atoms with Crippen molar-refractivity contribution in [2.45, 2.75) is 18.0 Å². The maximum absolute atomic E-state index is 12.6. The van der Waals surface area contributed by atoms with Crippen molar-refractivity contribution in [2.75, 3.05) is 6.26 Å². The molecule has 0 aliphatic carbocycles. The van der Waals surface area contributed by atoms with E-state index in [9.17, 15) is 18.0 Å². The summed E-state index contributed by atoms with van der Waals surface area (Å²) in [6, 6.07) is 0.993. The van der Waals surface area contributed by atoms with Gasteiger partial charge in [-0.25, -0.2) is 0 Å². The highest BCUT2D eigenvalue weighted by Gasteiger charge is 2.35. The van der Waals surface area contributed by atoms with Gasteiger partial charge in [0, 0.05) is 12.7 Å². The predicted molar refractivity (Wildman–Crippen MR) is 53.2 cm³/mol. The number of rotatable bonds is 1. The first-order valence-corrected chi connectivity index (χ1v) is 5.33. The molecular formula is C9H10F3NOS. The molecule has 0 amide bonds. The zero-order valence-corrected chi connectivity index (χ0v) is 9.29. The minimum atomic E-state index is -4.48. The number of hydrogen-bond donors (Lipinski definition) is 0. The van der Waals surface area contributed by atoms with E-state index in [2.05, 4.69) is 0 Å². The van der Waals surface area contributed by atoms with Gasteiger partial charge < -0.3 is 4.57 Å². The fourth-order valence-electron chi connectivity index (χ4n) is 1.21. The summed E-state index contributed by atoms with van der Waals surface area (Å²) in [5, 5.41) is 0. The van der Waals surface area contributed by atoms with Crippen molar-refractivity contribution in [3.63, 3.8) is 0 Å². The molecule has 0 bridgehead atoms. The predicted octanol–water partition coefficient (Wildman–Crippen LogP) is 2.43. The van der Waals surface area contributed by atoms with E-state index in [0.29, 0.717) is 5.69 Å². The van der Waals surface area contributed by atoms with Crippen LogP contribution < -0.4 is 5.56 Å². The molecule has 0 saturated heterocycles. The zero-order chi connectivity index (χ0) is 11.8. The summed E-state index contributed by atoms with van der Waals surface area (Å²) in [6.07, 6.45) is -3.02. The smallest absolute Gasteiger partial charge is 0.315 e. The van der Waals surface area contributed by atoms with Crippen LogP contribution in [0.2, 0.25) is 0 Å². The van der Waals surface area contributed by atoms with Gasteiger partial charge in [-0.05, 0) is 19.2 Å². The molecule has 0 N–H and O–H groups in total. The lowest BCUT2D eigenvalue weighted by atomic mass is 10.2. The number of aromatic nitrogens is 1. The Hall–Kier alpha value is -0.910. The lowest BCUT2D eigenvalue weighted by Gasteiger charge is -2.13. The number of halogens is 3. The molecule has 1 aromatic rings. The van der Waals surface area contributed by atoms with Crippen molar-refractivity contribution >= 4 is 11.8 Å². The quantitative estimate of drug-likeness (QED) is 0.700. The Labute approximate surface area is 89.1 Å². The molecule has 84 valence electrons. The first-order chi connectivity index (χ1) is 6.79. The third-order valence-electron chi connectivity index (χ3n) is 2.14. The molecule has 0 fully saturated rings. The average Bonchev–Trinajstić information content (AvgIpc) is 2.12. The van der Waals surface area contributed by atoms with Crippen LogP contribution in [0, 0.1) is 6.92 Å². The van der Waals surface area contributed by atoms with Gasteiger partial charge in [-0.2, -0.15) is 13.2 Å². The SMILES string of the molecule is CSc1c(C(F)(F)F)cc(C)n(C)c1=O. The van der Waals surface area contributed by atoms with Gasteiger partial charge in [0.15, 0.2) is 0 Å². The number of hydrogen-bond acceptors (Lipinski definition) is 2. The van der Waals surface area contributed by atoms with Crippen LogP contribution in [-0.4, -0.2) is 10.8 Å². The van der Waals surface area contributed by atoms with Crippen LogP contribution >= 0.6 is 11.8 Å². The van der Waals surface area contributed by atoms with Crippen LogP contribution in [-0.2, 0) is 13.2 Å². The third kappa shape index (κ3) is 2.19. The van der Waals surface area contributed by atoms with Crippen LogP contribution in [0.15, 0.2) is 15.8 Å². The van der Waals surface area contributed by atoms with Crippen LogP contribution in [0.1, 0.15) is 11.3 Å². The maximum Gasteiger partial charge on any atom is 0.417 e. The summed E-state index contributed by atoms with van der Waals surface area (Å²) in [5.41, 5.74) is -1.16. The zero-order valence-electron chi connectivity index (χ0n) is 8.47. The summed E-state index contributed by atoms with van der Waals surface area (Å²) in [5.74, 6) is 0. The minimum absolute atomic E-state index is 0.254. The summed E-state index contributed by atoms with van der Waals surface area (Å²) in [4.78, 5) is 11.3. The Balaban J connectivity index is 3.61. The molecule has 1 aromatic heterocycles. The second-order valence-corrected chi connectivity index (χ2v) is 3.91. The van der Waals surface area contributed by atoms with Crippen LogP contribution in [0.3, 0.4) is 0 Å². The van der Waals surface area contributed by atoms with Gasteiger partial charge in [-0.3, -0.25) is 4.79 Å². The number of thioether (sulfide) groups is 1. The first kappa shape index (κ1) is 12.2. The van der Waals surface area contributed by atoms with Gasteiger partial charge in [0.25, 0.3) is 5.56 Å². The third-order valence-corrected chi connectivity index (χ3v) is 2.94. The van der Waals surface area contributed by atoms with Crippen molar-refractivity contribution in [2.24, 2.45) is 7.05 Å². The van der Waals surface area contributed by atoms with Gasteiger partial charge in [-0.1, -0.05) is 0 Å². The van der Waals surface area contributed by atoms with Crippen molar-refractivity contribution < 1.29 is 13.2 Å². The second-order valence-electron chi connectivity index (χ2n) is 3.09. The second kappa shape index (κ2) is 3.92. The number of pyridine rings is 1. The largest absolute Gasteiger partial charge is 0.417 e. The highest BCUT2D eigenvalue weighted by Crippen LogP contribution is 2.34. The van der Waals surface area contributed by atoms with Crippen molar-refractivity contribution in [1.82, 2.24) is 4.57 Å². The molecule has 1 heterocycles. The van der Waals surface area contributed by atoms with Crippen molar-refractivity contribution in [3.8, 4) is 0 Å². The van der Waals surface area contributed by atoms with Gasteiger partial charge in [-0.15, -0.1) is 11.8 Å². The molecular weight excluding hydrogens is 227 g/mol. The van der Waals surface area contributed by atoms with E-state index in [1.54, 1.807) is 0 Å². The fourth-order valence-corrected chi connectivity index (χ4v) is 1.91. The standard InChI is InChI=1S/C9H10F3NOS/c1-5-4-6(9(10,11)12)7(15-3)8(14)13(5)2/h4H,1-3H3. The topological polar surface area (TPSA) is 22.0 Å². The molecule has 0 aliphatic rings. The number of nitrogens with zero attached hydrogens (tertiary/aromatic N) is 1. The highest BCUT2D eigenvalue weighted by molar-refractivity contribution is 7.98. The molecule has 0 spiro atoms. The normalized spacial score (nSPS) is 11.9. The maximum atomic E-state index is 12.6. The number of alkyl halides is 3. The molecule has 6 heteroatoms. The van der Waals surface area contributed by atoms with E-state index in [0.717, 1.165) is 17.8 Å². The Morgan fingerprint density at radius 3 is 2.33 bits per heavy atom. The van der Waals surface area contributed by atoms with E-state index in [1.807, 2.05) is 0 Å². The lowest BCUT2D eigenvalue weighted by Crippen LogP contribution is -2.25. The molecule has 0 aliphatic heterocycles. The fraction of sp³-hybridized carbons (Fsp3) is 0.444.